The van der Waals surface area contributed by atoms with Gasteiger partial charge in [0.2, 0.25) is 5.91 Å². The number of thiophene rings is 1. The van der Waals surface area contributed by atoms with Crippen LogP contribution in [0.2, 0.25) is 0 Å². The van der Waals surface area contributed by atoms with Crippen molar-refractivity contribution in [3.63, 3.8) is 0 Å². The van der Waals surface area contributed by atoms with Gasteiger partial charge in [0.1, 0.15) is 5.54 Å². The second kappa shape index (κ2) is 5.14. The Kier molecular flexibility index (Phi) is 3.44. The molecule has 1 aromatic rings. The number of nitrogens with one attached hydrogen (secondary N) is 1. The molecule has 1 N–H and O–H groups in total. The first kappa shape index (κ1) is 14.1. The molecule has 6 nitrogen and oxygen atoms in total. The maximum absolute atomic E-state index is 12.2. The van der Waals surface area contributed by atoms with Gasteiger partial charge >= 0.3 is 6.03 Å². The number of nitrogens with zero attached hydrogens (tertiary/aromatic N) is 2. The molecule has 0 saturated carbocycles. The Morgan fingerprint density at radius 3 is 2.62 bits per heavy atom. The first-order valence-corrected chi connectivity index (χ1v) is 7.80. The SMILES string of the molecule is CN1C(=O)NC2(CCN(C(=O)Cc3cccs3)CC2)C1=O. The summed E-state index contributed by atoms with van der Waals surface area (Å²) in [6.07, 6.45) is 1.38. The van der Waals surface area contributed by atoms with Crippen LogP contribution >= 0.6 is 11.3 Å². The van der Waals surface area contributed by atoms with E-state index in [4.69, 9.17) is 0 Å². The highest BCUT2D eigenvalue weighted by Crippen LogP contribution is 2.29. The number of hydrogen-bond donors (Lipinski definition) is 1. The van der Waals surface area contributed by atoms with E-state index in [1.807, 2.05) is 17.5 Å². The number of amides is 4. The summed E-state index contributed by atoms with van der Waals surface area (Å²) in [5.41, 5.74) is -0.800. The highest BCUT2D eigenvalue weighted by Gasteiger charge is 2.51. The van der Waals surface area contributed by atoms with Gasteiger partial charge in [-0.1, -0.05) is 6.07 Å². The van der Waals surface area contributed by atoms with E-state index in [2.05, 4.69) is 5.32 Å². The van der Waals surface area contributed by atoms with Crippen LogP contribution in [0.4, 0.5) is 4.79 Å². The lowest BCUT2D eigenvalue weighted by Gasteiger charge is -2.37. The third kappa shape index (κ3) is 2.42. The standard InChI is InChI=1S/C14H17N3O3S/c1-16-12(19)14(15-13(16)20)4-6-17(7-5-14)11(18)9-10-3-2-8-21-10/h2-3,8H,4-7,9H2,1H3,(H,15,20). The minimum Gasteiger partial charge on any atom is -0.342 e. The number of carbonyl (C=O) groups is 3. The molecule has 0 atom stereocenters. The average molecular weight is 307 g/mol. The maximum atomic E-state index is 12.2. The predicted octanol–water partition coefficient (Wildman–Crippen LogP) is 0.833. The lowest BCUT2D eigenvalue weighted by molar-refractivity contribution is -0.137. The van der Waals surface area contributed by atoms with Gasteiger partial charge in [0.05, 0.1) is 6.42 Å². The number of hydrogen-bond acceptors (Lipinski definition) is 4. The summed E-state index contributed by atoms with van der Waals surface area (Å²) in [6.45, 7) is 1.01. The molecule has 0 unspecified atom stereocenters. The normalized spacial score (nSPS) is 21.0. The van der Waals surface area contributed by atoms with Crippen LogP contribution in [0.1, 0.15) is 17.7 Å². The van der Waals surface area contributed by atoms with Gasteiger partial charge in [-0.2, -0.15) is 0 Å². The number of urea groups is 1. The van der Waals surface area contributed by atoms with E-state index in [1.165, 1.54) is 7.05 Å². The van der Waals surface area contributed by atoms with Gasteiger partial charge < -0.3 is 10.2 Å². The summed E-state index contributed by atoms with van der Waals surface area (Å²) in [7, 11) is 1.49. The van der Waals surface area contributed by atoms with Gasteiger partial charge in [-0.05, 0) is 24.3 Å². The Morgan fingerprint density at radius 1 is 1.38 bits per heavy atom. The summed E-state index contributed by atoms with van der Waals surface area (Å²) in [4.78, 5) is 39.9. The lowest BCUT2D eigenvalue weighted by atomic mass is 9.87. The van der Waals surface area contributed by atoms with Crippen LogP contribution in [0, 0.1) is 0 Å². The molecule has 112 valence electrons. The molecule has 4 amide bonds. The van der Waals surface area contributed by atoms with E-state index in [0.717, 1.165) is 9.78 Å². The van der Waals surface area contributed by atoms with E-state index in [9.17, 15) is 14.4 Å². The molecule has 1 aromatic heterocycles. The van der Waals surface area contributed by atoms with Crippen molar-refractivity contribution >= 4 is 29.2 Å². The molecule has 3 heterocycles. The van der Waals surface area contributed by atoms with E-state index < -0.39 is 5.54 Å². The number of likely N-dealkylation sites (tertiary alicyclic amines) is 1. The third-order valence-corrected chi connectivity index (χ3v) is 5.12. The minimum atomic E-state index is -0.800. The van der Waals surface area contributed by atoms with Crippen LogP contribution in [0.25, 0.3) is 0 Å². The molecule has 0 aromatic carbocycles. The molecule has 2 aliphatic heterocycles. The van der Waals surface area contributed by atoms with Gasteiger partial charge in [-0.25, -0.2) is 4.79 Å². The Hall–Kier alpha value is -1.89. The second-order valence-corrected chi connectivity index (χ2v) is 6.55. The number of carbonyl (C=O) groups excluding carboxylic acids is 3. The Bertz CT molecular complexity index is 576. The maximum Gasteiger partial charge on any atom is 0.324 e. The Morgan fingerprint density at radius 2 is 2.10 bits per heavy atom. The molecule has 7 heteroatoms. The highest BCUT2D eigenvalue weighted by molar-refractivity contribution is 7.10. The van der Waals surface area contributed by atoms with Crippen LogP contribution in [0.15, 0.2) is 17.5 Å². The molecular formula is C14H17N3O3S. The zero-order valence-corrected chi connectivity index (χ0v) is 12.6. The fourth-order valence-corrected chi connectivity index (χ4v) is 3.60. The molecule has 2 fully saturated rings. The van der Waals surface area contributed by atoms with Crippen LogP contribution in [0.3, 0.4) is 0 Å². The smallest absolute Gasteiger partial charge is 0.324 e. The van der Waals surface area contributed by atoms with E-state index in [1.54, 1.807) is 16.2 Å². The van der Waals surface area contributed by atoms with Crippen molar-refractivity contribution in [3.8, 4) is 0 Å². The summed E-state index contributed by atoms with van der Waals surface area (Å²) in [5.74, 6) is -0.102. The van der Waals surface area contributed by atoms with Crippen LogP contribution in [-0.4, -0.2) is 53.3 Å². The van der Waals surface area contributed by atoms with E-state index in [-0.39, 0.29) is 17.8 Å². The van der Waals surface area contributed by atoms with Gasteiger partial charge in [0.25, 0.3) is 5.91 Å². The van der Waals surface area contributed by atoms with Crippen molar-refractivity contribution in [2.45, 2.75) is 24.8 Å². The van der Waals surface area contributed by atoms with Crippen molar-refractivity contribution in [1.82, 2.24) is 15.1 Å². The second-order valence-electron chi connectivity index (χ2n) is 5.51. The fourth-order valence-electron chi connectivity index (χ4n) is 2.91. The predicted molar refractivity (Wildman–Crippen MR) is 77.9 cm³/mol. The molecule has 0 bridgehead atoms. The number of imide groups is 1. The van der Waals surface area contributed by atoms with Crippen molar-refractivity contribution in [2.75, 3.05) is 20.1 Å². The highest BCUT2D eigenvalue weighted by atomic mass is 32.1. The van der Waals surface area contributed by atoms with Crippen LogP contribution in [0.5, 0.6) is 0 Å². The Labute approximate surface area is 126 Å². The molecule has 3 rings (SSSR count). The summed E-state index contributed by atoms with van der Waals surface area (Å²) >= 11 is 1.57. The van der Waals surface area contributed by atoms with E-state index >= 15 is 0 Å². The monoisotopic (exact) mass is 307 g/mol. The summed E-state index contributed by atoms with van der Waals surface area (Å²) < 4.78 is 0. The Balaban J connectivity index is 1.62. The van der Waals surface area contributed by atoms with Crippen molar-refractivity contribution in [3.05, 3.63) is 22.4 Å². The first-order valence-electron chi connectivity index (χ1n) is 6.92. The molecule has 21 heavy (non-hydrogen) atoms. The van der Waals surface area contributed by atoms with Gasteiger partial charge in [0.15, 0.2) is 0 Å². The molecule has 0 aliphatic carbocycles. The zero-order chi connectivity index (χ0) is 15.0. The number of rotatable bonds is 2. The molecule has 2 aliphatic rings. The van der Waals surface area contributed by atoms with Crippen LogP contribution < -0.4 is 5.32 Å². The van der Waals surface area contributed by atoms with Gasteiger partial charge in [-0.3, -0.25) is 14.5 Å². The first-order chi connectivity index (χ1) is 10.0. The van der Waals surface area contributed by atoms with E-state index in [0.29, 0.717) is 32.4 Å². The summed E-state index contributed by atoms with van der Waals surface area (Å²) in [6, 6.07) is 3.53. The van der Waals surface area contributed by atoms with Gasteiger partial charge in [0, 0.05) is 25.0 Å². The largest absolute Gasteiger partial charge is 0.342 e. The molecule has 1 spiro atoms. The third-order valence-electron chi connectivity index (χ3n) is 4.24. The van der Waals surface area contributed by atoms with Crippen LogP contribution in [-0.2, 0) is 16.0 Å². The zero-order valence-electron chi connectivity index (χ0n) is 11.8. The quantitative estimate of drug-likeness (QED) is 0.823. The number of piperidine rings is 1. The lowest BCUT2D eigenvalue weighted by Crippen LogP contribution is -2.56. The van der Waals surface area contributed by atoms with Crippen molar-refractivity contribution in [2.24, 2.45) is 0 Å². The fraction of sp³-hybridized carbons (Fsp3) is 0.500. The molecule has 2 saturated heterocycles. The molecular weight excluding hydrogens is 290 g/mol. The topological polar surface area (TPSA) is 69.7 Å². The van der Waals surface area contributed by atoms with Crippen molar-refractivity contribution in [1.29, 1.82) is 0 Å². The number of likely N-dealkylation sites (N-methyl/N-ethyl adjacent to an activating group) is 1. The average Bonchev–Trinajstić information content (AvgIpc) is 3.04. The summed E-state index contributed by atoms with van der Waals surface area (Å²) in [5, 5.41) is 4.73. The molecule has 0 radical (unpaired) electrons. The van der Waals surface area contributed by atoms with Crippen molar-refractivity contribution < 1.29 is 14.4 Å². The van der Waals surface area contributed by atoms with Gasteiger partial charge in [-0.15, -0.1) is 11.3 Å². The minimum absolute atomic E-state index is 0.0810.